The number of halogens is 1. The highest BCUT2D eigenvalue weighted by Gasteiger charge is 2.21. The summed E-state index contributed by atoms with van der Waals surface area (Å²) in [5.41, 5.74) is 1.31. The first kappa shape index (κ1) is 13.4. The van der Waals surface area contributed by atoms with Crippen LogP contribution in [0.3, 0.4) is 0 Å². The lowest BCUT2D eigenvalue weighted by Crippen LogP contribution is -2.20. The van der Waals surface area contributed by atoms with Crippen LogP contribution >= 0.6 is 11.6 Å². The van der Waals surface area contributed by atoms with Crippen LogP contribution in [0.1, 0.15) is 18.5 Å². The molecule has 2 rings (SSSR count). The number of rotatable bonds is 5. The van der Waals surface area contributed by atoms with Gasteiger partial charge in [-0.05, 0) is 31.2 Å². The van der Waals surface area contributed by atoms with E-state index in [-0.39, 0.29) is 0 Å². The molecule has 0 amide bonds. The molecule has 1 unspecified atom stereocenters. The standard InChI is InChI=1S/C13H14ClN3O2/c1-2-17-8-9(7-15-17)12(13(18)19)16-11-5-3-10(14)4-6-11/h3-8,12,16H,2H2,1H3,(H,18,19). The maximum atomic E-state index is 11.3. The van der Waals surface area contributed by atoms with Gasteiger partial charge in [0.05, 0.1) is 6.20 Å². The Morgan fingerprint density at radius 3 is 2.68 bits per heavy atom. The van der Waals surface area contributed by atoms with Crippen molar-refractivity contribution in [1.82, 2.24) is 9.78 Å². The van der Waals surface area contributed by atoms with Crippen molar-refractivity contribution in [3.63, 3.8) is 0 Å². The third kappa shape index (κ3) is 3.26. The Balaban J connectivity index is 2.21. The number of aliphatic carboxylic acids is 1. The van der Waals surface area contributed by atoms with Gasteiger partial charge in [0.2, 0.25) is 0 Å². The monoisotopic (exact) mass is 279 g/mol. The summed E-state index contributed by atoms with van der Waals surface area (Å²) >= 11 is 5.79. The van der Waals surface area contributed by atoms with Crippen LogP contribution in [-0.2, 0) is 11.3 Å². The summed E-state index contributed by atoms with van der Waals surface area (Å²) in [6.07, 6.45) is 3.28. The third-order valence-corrected chi connectivity index (χ3v) is 2.96. The van der Waals surface area contributed by atoms with Crippen molar-refractivity contribution in [2.75, 3.05) is 5.32 Å². The summed E-state index contributed by atoms with van der Waals surface area (Å²) in [6, 6.07) is 6.06. The fourth-order valence-electron chi connectivity index (χ4n) is 1.70. The molecule has 0 aliphatic rings. The van der Waals surface area contributed by atoms with E-state index in [1.807, 2.05) is 6.92 Å². The first-order valence-corrected chi connectivity index (χ1v) is 6.25. The first-order valence-electron chi connectivity index (χ1n) is 5.87. The van der Waals surface area contributed by atoms with Crippen molar-refractivity contribution < 1.29 is 9.90 Å². The van der Waals surface area contributed by atoms with E-state index in [0.29, 0.717) is 22.8 Å². The van der Waals surface area contributed by atoms with Crippen molar-refractivity contribution in [2.45, 2.75) is 19.5 Å². The van der Waals surface area contributed by atoms with Crippen LogP contribution in [0, 0.1) is 0 Å². The minimum absolute atomic E-state index is 0.608. The molecule has 1 aromatic carbocycles. The molecular weight excluding hydrogens is 266 g/mol. The smallest absolute Gasteiger partial charge is 0.330 e. The van der Waals surface area contributed by atoms with Crippen LogP contribution in [0.15, 0.2) is 36.7 Å². The lowest BCUT2D eigenvalue weighted by atomic mass is 10.1. The van der Waals surface area contributed by atoms with E-state index in [1.165, 1.54) is 0 Å². The average Bonchev–Trinajstić information content (AvgIpc) is 2.86. The van der Waals surface area contributed by atoms with Crippen molar-refractivity contribution in [2.24, 2.45) is 0 Å². The third-order valence-electron chi connectivity index (χ3n) is 2.71. The molecule has 2 N–H and O–H groups in total. The molecule has 1 heterocycles. The lowest BCUT2D eigenvalue weighted by Gasteiger charge is -2.14. The molecule has 6 heteroatoms. The van der Waals surface area contributed by atoms with Crippen LogP contribution in [0.2, 0.25) is 5.02 Å². The van der Waals surface area contributed by atoms with Gasteiger partial charge in [0, 0.05) is 29.0 Å². The van der Waals surface area contributed by atoms with E-state index in [4.69, 9.17) is 11.6 Å². The number of nitrogens with one attached hydrogen (secondary N) is 1. The number of carboxylic acids is 1. The lowest BCUT2D eigenvalue weighted by molar-refractivity contribution is -0.138. The molecule has 2 aromatic rings. The normalized spacial score (nSPS) is 12.1. The van der Waals surface area contributed by atoms with Crippen molar-refractivity contribution >= 4 is 23.3 Å². The maximum absolute atomic E-state index is 11.3. The Hall–Kier alpha value is -2.01. The zero-order valence-electron chi connectivity index (χ0n) is 10.4. The molecule has 1 atom stereocenters. The summed E-state index contributed by atoms with van der Waals surface area (Å²) in [4.78, 5) is 11.3. The van der Waals surface area contributed by atoms with E-state index in [0.717, 1.165) is 0 Å². The SMILES string of the molecule is CCn1cc(C(Nc2ccc(Cl)cc2)C(=O)O)cn1. The number of aromatic nitrogens is 2. The second-order valence-electron chi connectivity index (χ2n) is 4.05. The van der Waals surface area contributed by atoms with Gasteiger partial charge in [-0.25, -0.2) is 4.79 Å². The summed E-state index contributed by atoms with van der Waals surface area (Å²) in [6.45, 7) is 2.65. The number of benzene rings is 1. The first-order chi connectivity index (χ1) is 9.10. The predicted octanol–water partition coefficient (Wildman–Crippen LogP) is 2.79. The van der Waals surface area contributed by atoms with Gasteiger partial charge in [-0.15, -0.1) is 0 Å². The molecular formula is C13H14ClN3O2. The molecule has 0 bridgehead atoms. The van der Waals surface area contributed by atoms with E-state index in [2.05, 4.69) is 10.4 Å². The van der Waals surface area contributed by atoms with Gasteiger partial charge in [0.1, 0.15) is 0 Å². The summed E-state index contributed by atoms with van der Waals surface area (Å²) in [7, 11) is 0. The largest absolute Gasteiger partial charge is 0.479 e. The Labute approximate surface area is 115 Å². The van der Waals surface area contributed by atoms with Gasteiger partial charge in [0.15, 0.2) is 6.04 Å². The topological polar surface area (TPSA) is 67.2 Å². The Kier molecular flexibility index (Phi) is 4.06. The number of carboxylic acid groups (broad SMARTS) is 1. The quantitative estimate of drug-likeness (QED) is 0.883. The molecule has 5 nitrogen and oxygen atoms in total. The molecule has 0 saturated heterocycles. The molecule has 1 aromatic heterocycles. The molecule has 0 saturated carbocycles. The van der Waals surface area contributed by atoms with Gasteiger partial charge in [0.25, 0.3) is 0 Å². The molecule has 0 spiro atoms. The highest BCUT2D eigenvalue weighted by Crippen LogP contribution is 2.21. The van der Waals surface area contributed by atoms with E-state index < -0.39 is 12.0 Å². The minimum Gasteiger partial charge on any atom is -0.479 e. The zero-order chi connectivity index (χ0) is 13.8. The van der Waals surface area contributed by atoms with Crippen LogP contribution in [-0.4, -0.2) is 20.9 Å². The Morgan fingerprint density at radius 2 is 2.16 bits per heavy atom. The average molecular weight is 280 g/mol. The number of aryl methyl sites for hydroxylation is 1. The van der Waals surface area contributed by atoms with Crippen molar-refractivity contribution in [1.29, 1.82) is 0 Å². The Bertz CT molecular complexity index is 566. The zero-order valence-corrected chi connectivity index (χ0v) is 11.1. The van der Waals surface area contributed by atoms with E-state index >= 15 is 0 Å². The number of hydrogen-bond acceptors (Lipinski definition) is 3. The second-order valence-corrected chi connectivity index (χ2v) is 4.49. The highest BCUT2D eigenvalue weighted by molar-refractivity contribution is 6.30. The minimum atomic E-state index is -0.953. The fraction of sp³-hybridized carbons (Fsp3) is 0.231. The van der Waals surface area contributed by atoms with Gasteiger partial charge >= 0.3 is 5.97 Å². The second kappa shape index (κ2) is 5.75. The predicted molar refractivity (Wildman–Crippen MR) is 73.4 cm³/mol. The van der Waals surface area contributed by atoms with Crippen LogP contribution in [0.5, 0.6) is 0 Å². The highest BCUT2D eigenvalue weighted by atomic mass is 35.5. The van der Waals surface area contributed by atoms with Gasteiger partial charge < -0.3 is 10.4 Å². The van der Waals surface area contributed by atoms with Crippen molar-refractivity contribution in [3.05, 3.63) is 47.2 Å². The number of hydrogen-bond donors (Lipinski definition) is 2. The van der Waals surface area contributed by atoms with Crippen LogP contribution in [0.4, 0.5) is 5.69 Å². The van der Waals surface area contributed by atoms with E-state index in [1.54, 1.807) is 41.3 Å². The fourth-order valence-corrected chi connectivity index (χ4v) is 1.83. The summed E-state index contributed by atoms with van der Waals surface area (Å²) < 4.78 is 1.69. The molecule has 0 fully saturated rings. The number of carbonyl (C=O) groups is 1. The van der Waals surface area contributed by atoms with Crippen LogP contribution < -0.4 is 5.32 Å². The molecule has 0 aliphatic carbocycles. The maximum Gasteiger partial charge on any atom is 0.330 e. The van der Waals surface area contributed by atoms with Gasteiger partial charge in [-0.2, -0.15) is 5.10 Å². The number of nitrogens with zero attached hydrogens (tertiary/aromatic N) is 2. The Morgan fingerprint density at radius 1 is 1.47 bits per heavy atom. The molecule has 0 radical (unpaired) electrons. The molecule has 100 valence electrons. The molecule has 19 heavy (non-hydrogen) atoms. The number of anilines is 1. The van der Waals surface area contributed by atoms with Gasteiger partial charge in [-0.1, -0.05) is 11.6 Å². The van der Waals surface area contributed by atoms with Gasteiger partial charge in [-0.3, -0.25) is 4.68 Å². The van der Waals surface area contributed by atoms with E-state index in [9.17, 15) is 9.90 Å². The summed E-state index contributed by atoms with van der Waals surface area (Å²) in [5.74, 6) is -0.953. The molecule has 0 aliphatic heterocycles. The van der Waals surface area contributed by atoms with Crippen molar-refractivity contribution in [3.8, 4) is 0 Å². The van der Waals surface area contributed by atoms with Crippen LogP contribution in [0.25, 0.3) is 0 Å². The summed E-state index contributed by atoms with van der Waals surface area (Å²) in [5, 5.41) is 16.9.